The van der Waals surface area contributed by atoms with Crippen molar-refractivity contribution in [2.24, 2.45) is 7.05 Å². The minimum atomic E-state index is -0.463. The van der Waals surface area contributed by atoms with E-state index >= 15 is 0 Å². The number of hydrogen-bond donors (Lipinski definition) is 0. The SMILES string of the molecule is CCc1cc(C2(C(=O)OC)CC2)ccc1-c1ccc(-c2cnn(C)c2Cc2cncc(C(C)C)n2)nc1. The second-order valence-corrected chi connectivity index (χ2v) is 10.1. The monoisotopic (exact) mass is 495 g/mol. The highest BCUT2D eigenvalue weighted by atomic mass is 16.5. The number of aromatic nitrogens is 5. The number of ether oxygens (including phenoxy) is 1. The van der Waals surface area contributed by atoms with Crippen molar-refractivity contribution < 1.29 is 9.53 Å². The first-order valence-corrected chi connectivity index (χ1v) is 12.9. The van der Waals surface area contributed by atoms with E-state index < -0.39 is 5.41 Å². The van der Waals surface area contributed by atoms with Crippen LogP contribution >= 0.6 is 0 Å². The van der Waals surface area contributed by atoms with Gasteiger partial charge < -0.3 is 4.74 Å². The van der Waals surface area contributed by atoms with Crippen LogP contribution in [0.1, 0.15) is 67.7 Å². The van der Waals surface area contributed by atoms with Crippen LogP contribution in [0.4, 0.5) is 0 Å². The Kier molecular flexibility index (Phi) is 6.63. The van der Waals surface area contributed by atoms with Crippen LogP contribution < -0.4 is 0 Å². The van der Waals surface area contributed by atoms with E-state index in [-0.39, 0.29) is 5.97 Å². The molecule has 5 rings (SSSR count). The molecule has 0 saturated heterocycles. The summed E-state index contributed by atoms with van der Waals surface area (Å²) in [7, 11) is 3.41. The molecule has 0 atom stereocenters. The third-order valence-electron chi connectivity index (χ3n) is 7.42. The summed E-state index contributed by atoms with van der Waals surface area (Å²) >= 11 is 0. The first-order valence-electron chi connectivity index (χ1n) is 12.9. The summed E-state index contributed by atoms with van der Waals surface area (Å²) in [4.78, 5) is 26.4. The fraction of sp³-hybridized carbons (Fsp3) is 0.367. The molecular weight excluding hydrogens is 462 g/mol. The Morgan fingerprint density at radius 1 is 1.08 bits per heavy atom. The van der Waals surface area contributed by atoms with Gasteiger partial charge in [0.15, 0.2) is 0 Å². The standard InChI is InChI=1S/C30H33N5O2/c1-6-20-13-22(30(11-12-30)29(36)37-5)8-9-24(20)21-7-10-26(32-15-21)25-17-33-35(4)28(25)14-23-16-31-18-27(34-23)19(2)3/h7-10,13,15-19H,6,11-12,14H2,1-5H3. The van der Waals surface area contributed by atoms with Gasteiger partial charge >= 0.3 is 5.97 Å². The molecule has 0 aliphatic heterocycles. The van der Waals surface area contributed by atoms with E-state index in [1.165, 1.54) is 12.7 Å². The molecule has 1 saturated carbocycles. The van der Waals surface area contributed by atoms with Crippen LogP contribution in [0.2, 0.25) is 0 Å². The second kappa shape index (κ2) is 9.88. The smallest absolute Gasteiger partial charge is 0.316 e. The summed E-state index contributed by atoms with van der Waals surface area (Å²) in [5.41, 5.74) is 8.79. The molecule has 1 aliphatic rings. The number of carbonyl (C=O) groups excluding carboxylic acids is 1. The van der Waals surface area contributed by atoms with E-state index in [4.69, 9.17) is 14.7 Å². The van der Waals surface area contributed by atoms with Gasteiger partial charge in [-0.3, -0.25) is 24.4 Å². The number of esters is 1. The maximum Gasteiger partial charge on any atom is 0.316 e. The molecule has 0 unspecified atom stereocenters. The lowest BCUT2D eigenvalue weighted by atomic mass is 9.89. The molecule has 3 heterocycles. The van der Waals surface area contributed by atoms with E-state index in [0.29, 0.717) is 12.3 Å². The van der Waals surface area contributed by atoms with E-state index in [1.54, 1.807) is 0 Å². The zero-order valence-electron chi connectivity index (χ0n) is 22.2. The van der Waals surface area contributed by atoms with Crippen molar-refractivity contribution in [2.45, 2.75) is 57.8 Å². The van der Waals surface area contributed by atoms with Gasteiger partial charge in [0.2, 0.25) is 0 Å². The fourth-order valence-electron chi connectivity index (χ4n) is 4.95. The summed E-state index contributed by atoms with van der Waals surface area (Å²) in [6, 6.07) is 10.5. The molecule has 7 heteroatoms. The van der Waals surface area contributed by atoms with Gasteiger partial charge in [-0.15, -0.1) is 0 Å². The molecular formula is C30H33N5O2. The van der Waals surface area contributed by atoms with Gasteiger partial charge in [0, 0.05) is 43.2 Å². The summed E-state index contributed by atoms with van der Waals surface area (Å²) in [5, 5.41) is 4.51. The molecule has 190 valence electrons. The van der Waals surface area contributed by atoms with E-state index in [1.807, 2.05) is 36.5 Å². The first-order chi connectivity index (χ1) is 17.9. The Balaban J connectivity index is 1.43. The highest BCUT2D eigenvalue weighted by molar-refractivity contribution is 5.87. The predicted octanol–water partition coefficient (Wildman–Crippen LogP) is 5.42. The Bertz CT molecular complexity index is 1430. The van der Waals surface area contributed by atoms with Gasteiger partial charge in [-0.05, 0) is 47.9 Å². The molecule has 3 aromatic heterocycles. The zero-order valence-corrected chi connectivity index (χ0v) is 22.2. The number of aryl methyl sites for hydroxylation is 2. The molecule has 0 N–H and O–H groups in total. The number of hydrogen-bond acceptors (Lipinski definition) is 6. The van der Waals surface area contributed by atoms with Crippen LogP contribution in [-0.2, 0) is 34.8 Å². The average Bonchev–Trinajstić information content (AvgIpc) is 3.67. The van der Waals surface area contributed by atoms with E-state index in [9.17, 15) is 4.79 Å². The van der Waals surface area contributed by atoms with Crippen LogP contribution in [0.25, 0.3) is 22.4 Å². The number of rotatable bonds is 8. The Morgan fingerprint density at radius 2 is 1.89 bits per heavy atom. The average molecular weight is 496 g/mol. The molecule has 0 amide bonds. The van der Waals surface area contributed by atoms with E-state index in [2.05, 4.69) is 61.2 Å². The number of pyridine rings is 1. The Hall–Kier alpha value is -3.87. The lowest BCUT2D eigenvalue weighted by molar-refractivity contribution is -0.143. The second-order valence-electron chi connectivity index (χ2n) is 10.1. The summed E-state index contributed by atoms with van der Waals surface area (Å²) in [6.45, 7) is 6.38. The highest BCUT2D eigenvalue weighted by Gasteiger charge is 2.52. The van der Waals surface area contributed by atoms with Crippen molar-refractivity contribution in [1.82, 2.24) is 24.7 Å². The van der Waals surface area contributed by atoms with Crippen LogP contribution in [0.15, 0.2) is 55.1 Å². The van der Waals surface area contributed by atoms with Crippen molar-refractivity contribution in [3.05, 3.63) is 83.3 Å². The molecule has 7 nitrogen and oxygen atoms in total. The predicted molar refractivity (Wildman–Crippen MR) is 143 cm³/mol. The number of benzene rings is 1. The minimum Gasteiger partial charge on any atom is -0.468 e. The van der Waals surface area contributed by atoms with Crippen LogP contribution in [-0.4, -0.2) is 37.8 Å². The van der Waals surface area contributed by atoms with Gasteiger partial charge in [-0.2, -0.15) is 5.10 Å². The number of methoxy groups -OCH3 is 1. The van der Waals surface area contributed by atoms with Crippen LogP contribution in [0.3, 0.4) is 0 Å². The van der Waals surface area contributed by atoms with Gasteiger partial charge in [-0.25, -0.2) is 0 Å². The van der Waals surface area contributed by atoms with Gasteiger partial charge in [0.1, 0.15) is 0 Å². The third kappa shape index (κ3) is 4.66. The van der Waals surface area contributed by atoms with Gasteiger partial charge in [0.25, 0.3) is 0 Å². The maximum absolute atomic E-state index is 12.4. The summed E-state index contributed by atoms with van der Waals surface area (Å²) in [5.74, 6) is 0.188. The summed E-state index contributed by atoms with van der Waals surface area (Å²) in [6.07, 6.45) is 10.6. The maximum atomic E-state index is 12.4. The van der Waals surface area contributed by atoms with Crippen molar-refractivity contribution in [2.75, 3.05) is 7.11 Å². The van der Waals surface area contributed by atoms with Crippen LogP contribution in [0.5, 0.6) is 0 Å². The lowest BCUT2D eigenvalue weighted by Crippen LogP contribution is -2.22. The number of carbonyl (C=O) groups is 1. The Labute approximate surface area is 218 Å². The van der Waals surface area contributed by atoms with Crippen molar-refractivity contribution in [1.29, 1.82) is 0 Å². The summed E-state index contributed by atoms with van der Waals surface area (Å²) < 4.78 is 6.96. The molecule has 0 spiro atoms. The minimum absolute atomic E-state index is 0.137. The van der Waals surface area contributed by atoms with Gasteiger partial charge in [-0.1, -0.05) is 45.0 Å². The molecule has 0 bridgehead atoms. The normalized spacial score (nSPS) is 14.1. The lowest BCUT2D eigenvalue weighted by Gasteiger charge is -2.16. The van der Waals surface area contributed by atoms with E-state index in [0.717, 1.165) is 64.3 Å². The molecule has 1 aromatic carbocycles. The van der Waals surface area contributed by atoms with Crippen molar-refractivity contribution in [3.8, 4) is 22.4 Å². The number of nitrogens with zero attached hydrogens (tertiary/aromatic N) is 5. The molecule has 37 heavy (non-hydrogen) atoms. The fourth-order valence-corrected chi connectivity index (χ4v) is 4.95. The topological polar surface area (TPSA) is 82.8 Å². The largest absolute Gasteiger partial charge is 0.468 e. The third-order valence-corrected chi connectivity index (χ3v) is 7.42. The highest BCUT2D eigenvalue weighted by Crippen LogP contribution is 2.50. The zero-order chi connectivity index (χ0) is 26.2. The van der Waals surface area contributed by atoms with Crippen LogP contribution in [0, 0.1) is 0 Å². The first kappa shape index (κ1) is 24.8. The quantitative estimate of drug-likeness (QED) is 0.304. The molecule has 1 aliphatic carbocycles. The molecule has 4 aromatic rings. The Morgan fingerprint density at radius 3 is 2.54 bits per heavy atom. The van der Waals surface area contributed by atoms with Crippen molar-refractivity contribution in [3.63, 3.8) is 0 Å². The molecule has 1 fully saturated rings. The van der Waals surface area contributed by atoms with Gasteiger partial charge in [0.05, 0.1) is 41.5 Å². The molecule has 0 radical (unpaired) electrons. The van der Waals surface area contributed by atoms with Crippen molar-refractivity contribution >= 4 is 5.97 Å².